The summed E-state index contributed by atoms with van der Waals surface area (Å²) in [4.78, 5) is 12.3. The second kappa shape index (κ2) is 9.03. The third kappa shape index (κ3) is 5.12. The molecule has 8 nitrogen and oxygen atoms in total. The molecule has 0 saturated carbocycles. The summed E-state index contributed by atoms with van der Waals surface area (Å²) in [6.45, 7) is 6.06. The van der Waals surface area contributed by atoms with Gasteiger partial charge in [-0.25, -0.2) is 4.68 Å². The maximum atomic E-state index is 12.9. The Morgan fingerprint density at radius 3 is 2.45 bits per heavy atom. The summed E-state index contributed by atoms with van der Waals surface area (Å²) in [6.07, 6.45) is -2.56. The van der Waals surface area contributed by atoms with Crippen LogP contribution in [-0.4, -0.2) is 41.8 Å². The van der Waals surface area contributed by atoms with Crippen LogP contribution in [0.4, 0.5) is 13.2 Å². The molecule has 3 aromatic rings. The van der Waals surface area contributed by atoms with E-state index in [0.717, 1.165) is 15.9 Å². The molecule has 0 aliphatic rings. The number of alkyl halides is 3. The smallest absolute Gasteiger partial charge is 0.351 e. The van der Waals surface area contributed by atoms with Gasteiger partial charge in [-0.05, 0) is 49.2 Å². The predicted octanol–water partition coefficient (Wildman–Crippen LogP) is 3.96. The van der Waals surface area contributed by atoms with Gasteiger partial charge in [0.15, 0.2) is 5.69 Å². The van der Waals surface area contributed by atoms with Gasteiger partial charge in [0.05, 0.1) is 26.6 Å². The second-order valence-corrected chi connectivity index (χ2v) is 8.12. The average Bonchev–Trinajstić information content (AvgIpc) is 3.34. The number of hydrogen-bond donors (Lipinski definition) is 1. The third-order valence-electron chi connectivity index (χ3n) is 4.68. The highest BCUT2D eigenvalue weighted by Crippen LogP contribution is 2.35. The molecule has 0 unspecified atom stereocenters. The van der Waals surface area contributed by atoms with Gasteiger partial charge in [-0.1, -0.05) is 11.6 Å². The quantitative estimate of drug-likeness (QED) is 0.476. The summed E-state index contributed by atoms with van der Waals surface area (Å²) < 4.78 is 44.1. The zero-order chi connectivity index (χ0) is 22.9. The lowest BCUT2D eigenvalue weighted by Crippen LogP contribution is -2.26. The molecule has 0 spiro atoms. The Kier molecular flexibility index (Phi) is 6.79. The number of aryl methyl sites for hydroxylation is 2. The van der Waals surface area contributed by atoms with E-state index >= 15 is 0 Å². The molecule has 0 radical (unpaired) electrons. The molecule has 31 heavy (non-hydrogen) atoms. The van der Waals surface area contributed by atoms with E-state index in [1.165, 1.54) is 11.6 Å². The van der Waals surface area contributed by atoms with Gasteiger partial charge < -0.3 is 5.32 Å². The number of hydrogen-bond acceptors (Lipinski definition) is 4. The van der Waals surface area contributed by atoms with Crippen LogP contribution in [0, 0.1) is 20.8 Å². The fourth-order valence-corrected chi connectivity index (χ4v) is 3.48. The SMILES string of the molecule is Cc1nn(Cn2ccc(C(=O)NCCCn3nc(C(F)(F)F)c(Cl)c3C)n2)c(C)c1Br. The molecule has 0 fully saturated rings. The summed E-state index contributed by atoms with van der Waals surface area (Å²) in [5, 5.41) is 14.5. The van der Waals surface area contributed by atoms with Gasteiger partial charge >= 0.3 is 6.18 Å². The van der Waals surface area contributed by atoms with E-state index in [9.17, 15) is 18.0 Å². The fourth-order valence-electron chi connectivity index (χ4n) is 2.96. The zero-order valence-corrected chi connectivity index (χ0v) is 19.3. The lowest BCUT2D eigenvalue weighted by atomic mass is 10.3. The van der Waals surface area contributed by atoms with Gasteiger partial charge in [0.25, 0.3) is 5.91 Å². The molecule has 13 heteroatoms. The number of nitrogens with one attached hydrogen (secondary N) is 1. The number of nitrogens with zero attached hydrogens (tertiary/aromatic N) is 6. The summed E-state index contributed by atoms with van der Waals surface area (Å²) >= 11 is 9.20. The Morgan fingerprint density at radius 1 is 1.16 bits per heavy atom. The van der Waals surface area contributed by atoms with Crippen molar-refractivity contribution in [2.75, 3.05) is 6.54 Å². The first kappa shape index (κ1) is 23.3. The summed E-state index contributed by atoms with van der Waals surface area (Å²) in [5.74, 6) is -0.375. The highest BCUT2D eigenvalue weighted by Gasteiger charge is 2.38. The van der Waals surface area contributed by atoms with Crippen molar-refractivity contribution in [3.63, 3.8) is 0 Å². The number of rotatable bonds is 7. The average molecular weight is 523 g/mol. The molecular weight excluding hydrogens is 503 g/mol. The lowest BCUT2D eigenvalue weighted by molar-refractivity contribution is -0.141. The van der Waals surface area contributed by atoms with Crippen molar-refractivity contribution in [3.8, 4) is 0 Å². The Morgan fingerprint density at radius 2 is 1.87 bits per heavy atom. The molecule has 3 heterocycles. The monoisotopic (exact) mass is 521 g/mol. The van der Waals surface area contributed by atoms with Gasteiger partial charge in [-0.15, -0.1) is 0 Å². The molecule has 0 aliphatic carbocycles. The van der Waals surface area contributed by atoms with E-state index in [1.54, 1.807) is 21.6 Å². The third-order valence-corrected chi connectivity index (χ3v) is 6.28. The van der Waals surface area contributed by atoms with Crippen LogP contribution in [0.15, 0.2) is 16.7 Å². The first-order valence-electron chi connectivity index (χ1n) is 9.30. The van der Waals surface area contributed by atoms with E-state index in [1.807, 2.05) is 13.8 Å². The molecule has 168 valence electrons. The summed E-state index contributed by atoms with van der Waals surface area (Å²) in [5.41, 5.74) is 1.17. The Bertz CT molecular complexity index is 1100. The van der Waals surface area contributed by atoms with Crippen LogP contribution in [0.25, 0.3) is 0 Å². The Balaban J connectivity index is 1.52. The maximum Gasteiger partial charge on any atom is 0.436 e. The molecule has 0 bridgehead atoms. The zero-order valence-electron chi connectivity index (χ0n) is 17.0. The largest absolute Gasteiger partial charge is 0.436 e. The van der Waals surface area contributed by atoms with Gasteiger partial charge in [0, 0.05) is 19.3 Å². The van der Waals surface area contributed by atoms with Crippen molar-refractivity contribution in [3.05, 3.63) is 50.2 Å². The highest BCUT2D eigenvalue weighted by molar-refractivity contribution is 9.10. The van der Waals surface area contributed by atoms with Crippen LogP contribution in [0.1, 0.15) is 39.7 Å². The van der Waals surface area contributed by atoms with Crippen LogP contribution < -0.4 is 5.32 Å². The minimum Gasteiger partial charge on any atom is -0.351 e. The van der Waals surface area contributed by atoms with Gasteiger partial charge in [0.2, 0.25) is 0 Å². The minimum absolute atomic E-state index is 0.184. The maximum absolute atomic E-state index is 12.9. The first-order chi connectivity index (χ1) is 14.5. The van der Waals surface area contributed by atoms with Crippen LogP contribution in [0.3, 0.4) is 0 Å². The van der Waals surface area contributed by atoms with Gasteiger partial charge in [0.1, 0.15) is 12.4 Å². The molecule has 0 aromatic carbocycles. The summed E-state index contributed by atoms with van der Waals surface area (Å²) in [6, 6.07) is 1.59. The molecule has 0 aliphatic heterocycles. The predicted molar refractivity (Wildman–Crippen MR) is 111 cm³/mol. The minimum atomic E-state index is -4.61. The Hall–Kier alpha value is -2.34. The van der Waals surface area contributed by atoms with Crippen LogP contribution >= 0.6 is 27.5 Å². The normalized spacial score (nSPS) is 11.9. The molecule has 1 N–H and O–H groups in total. The van der Waals surface area contributed by atoms with E-state index in [4.69, 9.17) is 11.6 Å². The first-order valence-corrected chi connectivity index (χ1v) is 10.5. The van der Waals surface area contributed by atoms with E-state index in [-0.39, 0.29) is 30.4 Å². The number of carbonyl (C=O) groups is 1. The van der Waals surface area contributed by atoms with Crippen LogP contribution in [0.2, 0.25) is 5.02 Å². The molecule has 0 atom stereocenters. The Labute approximate surface area is 189 Å². The highest BCUT2D eigenvalue weighted by atomic mass is 79.9. The van der Waals surface area contributed by atoms with E-state index < -0.39 is 16.9 Å². The van der Waals surface area contributed by atoms with Crippen molar-refractivity contribution in [2.45, 2.75) is 46.6 Å². The number of aromatic nitrogens is 6. The number of carbonyl (C=O) groups excluding carboxylic acids is 1. The van der Waals surface area contributed by atoms with Gasteiger partial charge in [-0.3, -0.25) is 14.2 Å². The van der Waals surface area contributed by atoms with Crippen molar-refractivity contribution in [1.29, 1.82) is 0 Å². The topological polar surface area (TPSA) is 82.6 Å². The summed E-state index contributed by atoms with van der Waals surface area (Å²) in [7, 11) is 0. The fraction of sp³-hybridized carbons (Fsp3) is 0.444. The molecule has 3 aromatic heterocycles. The number of halogens is 5. The molecule has 0 saturated heterocycles. The second-order valence-electron chi connectivity index (χ2n) is 6.94. The van der Waals surface area contributed by atoms with Crippen molar-refractivity contribution >= 4 is 33.4 Å². The van der Waals surface area contributed by atoms with Crippen LogP contribution in [0.5, 0.6) is 0 Å². The standard InChI is InChI=1S/C18H20BrClF3N7O/c1-10-14(19)11(2)30(25-10)9-28-8-5-13(26-28)17(31)24-6-4-7-29-12(3)15(20)16(27-29)18(21,22)23/h5,8H,4,6-7,9H2,1-3H3,(H,24,31). The van der Waals surface area contributed by atoms with Gasteiger partial charge in [-0.2, -0.15) is 28.5 Å². The molecule has 3 rings (SSSR count). The van der Waals surface area contributed by atoms with E-state index in [0.29, 0.717) is 13.1 Å². The lowest BCUT2D eigenvalue weighted by Gasteiger charge is -2.06. The van der Waals surface area contributed by atoms with Crippen LogP contribution in [-0.2, 0) is 19.4 Å². The number of amides is 1. The molecular formula is C18H20BrClF3N7O. The molecule has 1 amide bonds. The van der Waals surface area contributed by atoms with Crippen molar-refractivity contribution in [1.82, 2.24) is 34.7 Å². The van der Waals surface area contributed by atoms with E-state index in [2.05, 4.69) is 36.5 Å². The van der Waals surface area contributed by atoms with Crippen molar-refractivity contribution < 1.29 is 18.0 Å². The van der Waals surface area contributed by atoms with Crippen molar-refractivity contribution in [2.24, 2.45) is 0 Å².